The van der Waals surface area contributed by atoms with Crippen LogP contribution in [0.5, 0.6) is 0 Å². The number of rotatable bonds is 4. The van der Waals surface area contributed by atoms with E-state index in [1.54, 1.807) is 4.68 Å². The van der Waals surface area contributed by atoms with Crippen LogP contribution >= 0.6 is 0 Å². The molecule has 2 aromatic rings. The summed E-state index contributed by atoms with van der Waals surface area (Å²) in [5.41, 5.74) is 4.32. The first-order chi connectivity index (χ1) is 9.10. The summed E-state index contributed by atoms with van der Waals surface area (Å²) in [5.74, 6) is -0.922. The number of hydrogen-bond donors (Lipinski definition) is 1. The van der Waals surface area contributed by atoms with Crippen molar-refractivity contribution in [2.45, 2.75) is 33.6 Å². The summed E-state index contributed by atoms with van der Waals surface area (Å²) >= 11 is 0. The van der Waals surface area contributed by atoms with Gasteiger partial charge in [-0.1, -0.05) is 32.0 Å². The van der Waals surface area contributed by atoms with E-state index in [2.05, 4.69) is 18.1 Å². The molecule has 0 aliphatic heterocycles. The van der Waals surface area contributed by atoms with Crippen LogP contribution in [0, 0.1) is 6.92 Å². The van der Waals surface area contributed by atoms with Crippen LogP contribution in [-0.4, -0.2) is 20.9 Å². The zero-order valence-electron chi connectivity index (χ0n) is 11.5. The van der Waals surface area contributed by atoms with Gasteiger partial charge in [0.15, 0.2) is 0 Å². The lowest BCUT2D eigenvalue weighted by Crippen LogP contribution is -2.09. The van der Waals surface area contributed by atoms with Gasteiger partial charge in [0.2, 0.25) is 0 Å². The third-order valence-corrected chi connectivity index (χ3v) is 3.35. The number of aromatic carboxylic acids is 1. The summed E-state index contributed by atoms with van der Waals surface area (Å²) in [6.07, 6.45) is 2.97. The second-order valence-electron chi connectivity index (χ2n) is 4.51. The Morgan fingerprint density at radius 2 is 2.05 bits per heavy atom. The molecule has 0 unspecified atom stereocenters. The molecule has 4 heteroatoms. The Hall–Kier alpha value is -2.10. The highest BCUT2D eigenvalue weighted by Crippen LogP contribution is 2.23. The Morgan fingerprint density at radius 3 is 2.63 bits per heavy atom. The Kier molecular flexibility index (Phi) is 3.69. The number of carboxylic acids is 1. The highest BCUT2D eigenvalue weighted by atomic mass is 16.4. The minimum Gasteiger partial charge on any atom is -0.478 e. The molecule has 1 aromatic carbocycles. The molecule has 0 saturated carbocycles. The molecular formula is C15H18N2O2. The van der Waals surface area contributed by atoms with Crippen LogP contribution in [-0.2, 0) is 12.8 Å². The number of nitrogens with zero attached hydrogens (tertiary/aromatic N) is 2. The number of aryl methyl sites for hydroxylation is 2. The molecule has 0 aliphatic rings. The van der Waals surface area contributed by atoms with Gasteiger partial charge in [-0.05, 0) is 30.9 Å². The number of benzene rings is 1. The SMILES string of the molecule is CCc1cccc(C)c1-n1ncc(C(=O)O)c1CC. The van der Waals surface area contributed by atoms with Gasteiger partial charge in [-0.15, -0.1) is 0 Å². The predicted octanol–water partition coefficient (Wildman–Crippen LogP) is 3.00. The quantitative estimate of drug-likeness (QED) is 0.917. The highest BCUT2D eigenvalue weighted by molar-refractivity contribution is 5.88. The second kappa shape index (κ2) is 5.26. The lowest BCUT2D eigenvalue weighted by atomic mass is 10.1. The average molecular weight is 258 g/mol. The second-order valence-corrected chi connectivity index (χ2v) is 4.51. The van der Waals surface area contributed by atoms with Crippen molar-refractivity contribution in [3.8, 4) is 5.69 Å². The van der Waals surface area contributed by atoms with Crippen molar-refractivity contribution >= 4 is 5.97 Å². The van der Waals surface area contributed by atoms with Crippen LogP contribution in [0.25, 0.3) is 5.69 Å². The van der Waals surface area contributed by atoms with E-state index in [1.807, 2.05) is 26.0 Å². The van der Waals surface area contributed by atoms with Crippen LogP contribution in [0.15, 0.2) is 24.4 Å². The molecule has 0 amide bonds. The number of aromatic nitrogens is 2. The molecule has 0 fully saturated rings. The lowest BCUT2D eigenvalue weighted by Gasteiger charge is -2.14. The standard InChI is InChI=1S/C15H18N2O2/c1-4-11-8-6-7-10(3)14(11)17-13(5-2)12(9-16-17)15(18)19/h6-9H,4-5H2,1-3H3,(H,18,19). The van der Waals surface area contributed by atoms with E-state index >= 15 is 0 Å². The molecule has 0 aliphatic carbocycles. The first-order valence-electron chi connectivity index (χ1n) is 6.49. The smallest absolute Gasteiger partial charge is 0.339 e. The number of carboxylic acid groups (broad SMARTS) is 1. The molecule has 1 N–H and O–H groups in total. The molecule has 4 nitrogen and oxygen atoms in total. The van der Waals surface area contributed by atoms with Gasteiger partial charge in [0.25, 0.3) is 0 Å². The Bertz CT molecular complexity index is 615. The molecule has 0 saturated heterocycles. The van der Waals surface area contributed by atoms with Gasteiger partial charge in [-0.3, -0.25) is 0 Å². The van der Waals surface area contributed by atoms with Crippen molar-refractivity contribution in [3.63, 3.8) is 0 Å². The van der Waals surface area contributed by atoms with Crippen molar-refractivity contribution < 1.29 is 9.90 Å². The summed E-state index contributed by atoms with van der Waals surface area (Å²) in [7, 11) is 0. The first-order valence-corrected chi connectivity index (χ1v) is 6.49. The summed E-state index contributed by atoms with van der Waals surface area (Å²) in [5, 5.41) is 13.5. The van der Waals surface area contributed by atoms with Crippen molar-refractivity contribution in [1.29, 1.82) is 0 Å². The van der Waals surface area contributed by atoms with E-state index in [1.165, 1.54) is 11.8 Å². The maximum atomic E-state index is 11.2. The molecule has 19 heavy (non-hydrogen) atoms. The zero-order valence-corrected chi connectivity index (χ0v) is 11.5. The van der Waals surface area contributed by atoms with E-state index in [0.717, 1.165) is 23.4 Å². The van der Waals surface area contributed by atoms with Crippen LogP contribution in [0.1, 0.15) is 41.0 Å². The summed E-state index contributed by atoms with van der Waals surface area (Å²) in [6.45, 7) is 6.06. The summed E-state index contributed by atoms with van der Waals surface area (Å²) in [4.78, 5) is 11.2. The number of hydrogen-bond acceptors (Lipinski definition) is 2. The molecule has 0 bridgehead atoms. The third-order valence-electron chi connectivity index (χ3n) is 3.35. The van der Waals surface area contributed by atoms with Gasteiger partial charge in [0, 0.05) is 0 Å². The molecule has 1 aromatic heterocycles. The molecule has 0 atom stereocenters. The normalized spacial score (nSPS) is 10.7. The lowest BCUT2D eigenvalue weighted by molar-refractivity contribution is 0.0695. The van der Waals surface area contributed by atoms with Crippen LogP contribution in [0.2, 0.25) is 0 Å². The van der Waals surface area contributed by atoms with Gasteiger partial charge < -0.3 is 5.11 Å². The zero-order chi connectivity index (χ0) is 14.0. The summed E-state index contributed by atoms with van der Waals surface area (Å²) in [6, 6.07) is 6.10. The number of carbonyl (C=O) groups is 1. The van der Waals surface area contributed by atoms with Crippen molar-refractivity contribution in [2.24, 2.45) is 0 Å². The van der Waals surface area contributed by atoms with Gasteiger partial charge >= 0.3 is 5.97 Å². The molecule has 1 heterocycles. The monoisotopic (exact) mass is 258 g/mol. The minimum absolute atomic E-state index is 0.285. The van der Waals surface area contributed by atoms with Crippen LogP contribution in [0.3, 0.4) is 0 Å². The van der Waals surface area contributed by atoms with E-state index in [0.29, 0.717) is 6.42 Å². The average Bonchev–Trinajstić information content (AvgIpc) is 2.81. The maximum absolute atomic E-state index is 11.2. The van der Waals surface area contributed by atoms with Crippen LogP contribution in [0.4, 0.5) is 0 Å². The van der Waals surface area contributed by atoms with E-state index < -0.39 is 5.97 Å². The molecule has 0 radical (unpaired) electrons. The Labute approximate surface area is 112 Å². The van der Waals surface area contributed by atoms with E-state index in [4.69, 9.17) is 0 Å². The third kappa shape index (κ3) is 2.26. The van der Waals surface area contributed by atoms with Crippen molar-refractivity contribution in [3.05, 3.63) is 46.8 Å². The fraction of sp³-hybridized carbons (Fsp3) is 0.333. The minimum atomic E-state index is -0.922. The Balaban J connectivity index is 2.69. The topological polar surface area (TPSA) is 55.1 Å². The summed E-state index contributed by atoms with van der Waals surface area (Å²) < 4.78 is 1.78. The van der Waals surface area contributed by atoms with Gasteiger partial charge in [0.05, 0.1) is 17.6 Å². The first kappa shape index (κ1) is 13.3. The van der Waals surface area contributed by atoms with Crippen molar-refractivity contribution in [1.82, 2.24) is 9.78 Å². The van der Waals surface area contributed by atoms with Gasteiger partial charge in [-0.25, -0.2) is 9.48 Å². The largest absolute Gasteiger partial charge is 0.478 e. The molecule has 0 spiro atoms. The fourth-order valence-electron chi connectivity index (χ4n) is 2.39. The molecular weight excluding hydrogens is 240 g/mol. The predicted molar refractivity (Wildman–Crippen MR) is 74.0 cm³/mol. The van der Waals surface area contributed by atoms with Gasteiger partial charge in [0.1, 0.15) is 5.56 Å². The molecule has 100 valence electrons. The van der Waals surface area contributed by atoms with E-state index in [9.17, 15) is 9.90 Å². The van der Waals surface area contributed by atoms with E-state index in [-0.39, 0.29) is 5.56 Å². The van der Waals surface area contributed by atoms with Gasteiger partial charge in [-0.2, -0.15) is 5.10 Å². The molecule has 2 rings (SSSR count). The number of para-hydroxylation sites is 1. The fourth-order valence-corrected chi connectivity index (χ4v) is 2.39. The highest BCUT2D eigenvalue weighted by Gasteiger charge is 2.18. The Morgan fingerprint density at radius 1 is 1.32 bits per heavy atom. The van der Waals surface area contributed by atoms with Crippen molar-refractivity contribution in [2.75, 3.05) is 0 Å². The van der Waals surface area contributed by atoms with Crippen LogP contribution < -0.4 is 0 Å². The maximum Gasteiger partial charge on any atom is 0.339 e.